The number of methoxy groups -OCH3 is 1. The average molecular weight is 462 g/mol. The Morgan fingerprint density at radius 2 is 1.90 bits per heavy atom. The summed E-state index contributed by atoms with van der Waals surface area (Å²) in [5.41, 5.74) is 0.707. The Morgan fingerprint density at radius 1 is 1.10 bits per heavy atom. The van der Waals surface area contributed by atoms with Gasteiger partial charge in [0.15, 0.2) is 0 Å². The first kappa shape index (κ1) is 22.4. The summed E-state index contributed by atoms with van der Waals surface area (Å²) in [5.74, 6) is 0.0742. The van der Waals surface area contributed by atoms with E-state index in [1.807, 2.05) is 0 Å². The van der Waals surface area contributed by atoms with Crippen LogP contribution in [0.15, 0.2) is 65.7 Å². The molecule has 3 rings (SSSR count). The summed E-state index contributed by atoms with van der Waals surface area (Å²) in [4.78, 5) is 16.7. The number of anilines is 2. The molecule has 0 radical (unpaired) electrons. The number of nitrogens with one attached hydrogen (secondary N) is 2. The summed E-state index contributed by atoms with van der Waals surface area (Å²) in [6, 6.07) is 13.5. The maximum atomic E-state index is 12.9. The van der Waals surface area contributed by atoms with Gasteiger partial charge < -0.3 is 14.8 Å². The van der Waals surface area contributed by atoms with E-state index in [0.29, 0.717) is 23.1 Å². The zero-order chi connectivity index (χ0) is 22.4. The second-order valence-corrected chi connectivity index (χ2v) is 8.34. The highest BCUT2D eigenvalue weighted by Crippen LogP contribution is 2.30. The third kappa shape index (κ3) is 5.44. The summed E-state index contributed by atoms with van der Waals surface area (Å²) in [6.45, 7) is 2.18. The van der Waals surface area contributed by atoms with Gasteiger partial charge in [0.2, 0.25) is 5.88 Å². The number of rotatable bonds is 8. The first-order valence-corrected chi connectivity index (χ1v) is 11.1. The number of hydrogen-bond donors (Lipinski definition) is 2. The van der Waals surface area contributed by atoms with Gasteiger partial charge in [-0.15, -0.1) is 0 Å². The maximum absolute atomic E-state index is 12.9. The van der Waals surface area contributed by atoms with Gasteiger partial charge in [-0.1, -0.05) is 17.7 Å². The second kappa shape index (κ2) is 9.67. The molecule has 31 heavy (non-hydrogen) atoms. The van der Waals surface area contributed by atoms with Gasteiger partial charge in [0.05, 0.1) is 24.3 Å². The lowest BCUT2D eigenvalue weighted by molar-refractivity contribution is 0.102. The second-order valence-electron chi connectivity index (χ2n) is 6.22. The van der Waals surface area contributed by atoms with Crippen LogP contribution in [-0.2, 0) is 10.0 Å². The van der Waals surface area contributed by atoms with Crippen LogP contribution in [0.4, 0.5) is 11.4 Å². The van der Waals surface area contributed by atoms with Gasteiger partial charge in [-0.25, -0.2) is 13.4 Å². The molecule has 1 heterocycles. The summed E-state index contributed by atoms with van der Waals surface area (Å²) in [6.07, 6.45) is 1.55. The molecule has 0 unspecified atom stereocenters. The topological polar surface area (TPSA) is 107 Å². The molecule has 0 fully saturated rings. The largest absolute Gasteiger partial charge is 0.495 e. The fourth-order valence-corrected chi connectivity index (χ4v) is 3.98. The number of benzene rings is 2. The van der Waals surface area contributed by atoms with Gasteiger partial charge in [-0.2, -0.15) is 0 Å². The Balaban J connectivity index is 1.86. The molecule has 2 aromatic carbocycles. The van der Waals surface area contributed by atoms with Crippen LogP contribution >= 0.6 is 11.6 Å². The van der Waals surface area contributed by atoms with Gasteiger partial charge in [0, 0.05) is 16.8 Å². The Kier molecular flexibility index (Phi) is 6.98. The van der Waals surface area contributed by atoms with E-state index < -0.39 is 15.9 Å². The number of ether oxygens (including phenoxy) is 2. The number of nitrogens with zero attached hydrogens (tertiary/aromatic N) is 1. The van der Waals surface area contributed by atoms with Gasteiger partial charge in [0.1, 0.15) is 11.4 Å². The lowest BCUT2D eigenvalue weighted by Crippen LogP contribution is -2.16. The Labute approximate surface area is 185 Å². The molecule has 2 N–H and O–H groups in total. The van der Waals surface area contributed by atoms with Crippen molar-refractivity contribution in [1.82, 2.24) is 4.98 Å². The molecule has 0 aliphatic heterocycles. The summed E-state index contributed by atoms with van der Waals surface area (Å²) in [7, 11) is -2.60. The molecule has 1 amide bonds. The van der Waals surface area contributed by atoms with Crippen molar-refractivity contribution >= 4 is 38.9 Å². The maximum Gasteiger partial charge on any atom is 0.262 e. The van der Waals surface area contributed by atoms with Crippen molar-refractivity contribution in [3.63, 3.8) is 0 Å². The number of aromatic nitrogens is 1. The standard InChI is InChI=1S/C21H20ClN3O5S/c1-3-30-21-17(8-5-11-23-21)24-20(26)14-6-4-7-16(12-14)31(27,28)25-18-13-15(22)9-10-19(18)29-2/h4-13,25H,3H2,1-2H3,(H,24,26). The zero-order valence-corrected chi connectivity index (χ0v) is 18.3. The van der Waals surface area contributed by atoms with Crippen LogP contribution in [0.2, 0.25) is 5.02 Å². The molecule has 162 valence electrons. The number of hydrogen-bond acceptors (Lipinski definition) is 6. The minimum absolute atomic E-state index is 0.0987. The lowest BCUT2D eigenvalue weighted by Gasteiger charge is -2.13. The first-order chi connectivity index (χ1) is 14.8. The number of amides is 1. The van der Waals surface area contributed by atoms with E-state index >= 15 is 0 Å². The SMILES string of the molecule is CCOc1ncccc1NC(=O)c1cccc(S(=O)(=O)Nc2cc(Cl)ccc2OC)c1. The molecule has 0 aliphatic carbocycles. The quantitative estimate of drug-likeness (QED) is 0.520. The van der Waals surface area contributed by atoms with Crippen LogP contribution in [0.5, 0.6) is 11.6 Å². The van der Waals surface area contributed by atoms with Gasteiger partial charge in [-0.3, -0.25) is 9.52 Å². The van der Waals surface area contributed by atoms with Crippen LogP contribution in [0.25, 0.3) is 0 Å². The van der Waals surface area contributed by atoms with E-state index in [-0.39, 0.29) is 22.0 Å². The zero-order valence-electron chi connectivity index (χ0n) is 16.8. The molecule has 0 bridgehead atoms. The van der Waals surface area contributed by atoms with E-state index in [0.717, 1.165) is 0 Å². The van der Waals surface area contributed by atoms with Crippen molar-refractivity contribution in [2.45, 2.75) is 11.8 Å². The van der Waals surface area contributed by atoms with Gasteiger partial charge in [-0.05, 0) is 55.5 Å². The predicted molar refractivity (Wildman–Crippen MR) is 119 cm³/mol. The number of pyridine rings is 1. The number of halogens is 1. The van der Waals surface area contributed by atoms with Crippen molar-refractivity contribution in [2.75, 3.05) is 23.8 Å². The lowest BCUT2D eigenvalue weighted by atomic mass is 10.2. The van der Waals surface area contributed by atoms with Gasteiger partial charge >= 0.3 is 0 Å². The minimum Gasteiger partial charge on any atom is -0.495 e. The van der Waals surface area contributed by atoms with Crippen molar-refractivity contribution in [1.29, 1.82) is 0 Å². The number of carbonyl (C=O) groups excluding carboxylic acids is 1. The molecule has 3 aromatic rings. The normalized spacial score (nSPS) is 10.9. The highest BCUT2D eigenvalue weighted by atomic mass is 35.5. The highest BCUT2D eigenvalue weighted by molar-refractivity contribution is 7.92. The molecule has 0 atom stereocenters. The third-order valence-electron chi connectivity index (χ3n) is 4.11. The van der Waals surface area contributed by atoms with Crippen molar-refractivity contribution < 1.29 is 22.7 Å². The summed E-state index contributed by atoms with van der Waals surface area (Å²) < 4.78 is 38.8. The summed E-state index contributed by atoms with van der Waals surface area (Å²) in [5, 5.41) is 3.03. The van der Waals surface area contributed by atoms with E-state index in [4.69, 9.17) is 21.1 Å². The highest BCUT2D eigenvalue weighted by Gasteiger charge is 2.19. The molecule has 0 saturated heterocycles. The molecule has 10 heteroatoms. The van der Waals surface area contributed by atoms with Crippen molar-refractivity contribution in [2.24, 2.45) is 0 Å². The van der Waals surface area contributed by atoms with Crippen LogP contribution in [-0.4, -0.2) is 33.0 Å². The third-order valence-corrected chi connectivity index (χ3v) is 5.71. The Bertz CT molecular complexity index is 1200. The molecule has 0 saturated carbocycles. The van der Waals surface area contributed by atoms with Crippen LogP contribution in [0.3, 0.4) is 0 Å². The smallest absolute Gasteiger partial charge is 0.262 e. The fraction of sp³-hybridized carbons (Fsp3) is 0.143. The Hall–Kier alpha value is -3.30. The first-order valence-electron chi connectivity index (χ1n) is 9.19. The summed E-state index contributed by atoms with van der Waals surface area (Å²) >= 11 is 5.97. The van der Waals surface area contributed by atoms with Gasteiger partial charge in [0.25, 0.3) is 15.9 Å². The van der Waals surface area contributed by atoms with Crippen molar-refractivity contribution in [3.8, 4) is 11.6 Å². The molecule has 0 aliphatic rings. The molecule has 0 spiro atoms. The monoisotopic (exact) mass is 461 g/mol. The van der Waals surface area contributed by atoms with E-state index in [9.17, 15) is 13.2 Å². The molecular formula is C21H20ClN3O5S. The molecule has 8 nitrogen and oxygen atoms in total. The van der Waals surface area contributed by atoms with E-state index in [1.54, 1.807) is 37.4 Å². The molecular weight excluding hydrogens is 442 g/mol. The average Bonchev–Trinajstić information content (AvgIpc) is 2.75. The Morgan fingerprint density at radius 3 is 2.65 bits per heavy atom. The fourth-order valence-electron chi connectivity index (χ4n) is 2.70. The van der Waals surface area contributed by atoms with Crippen LogP contribution in [0, 0.1) is 0 Å². The van der Waals surface area contributed by atoms with E-state index in [1.165, 1.54) is 37.4 Å². The van der Waals surface area contributed by atoms with E-state index in [2.05, 4.69) is 15.0 Å². The van der Waals surface area contributed by atoms with Crippen molar-refractivity contribution in [3.05, 3.63) is 71.4 Å². The minimum atomic E-state index is -4.01. The molecule has 1 aromatic heterocycles. The number of carbonyl (C=O) groups is 1. The number of sulfonamides is 1. The van der Waals surface area contributed by atoms with Crippen LogP contribution in [0.1, 0.15) is 17.3 Å². The predicted octanol–water partition coefficient (Wildman–Crippen LogP) is 4.20. The van der Waals surface area contributed by atoms with Crippen LogP contribution < -0.4 is 19.5 Å².